The third-order valence-electron chi connectivity index (χ3n) is 6.89. The number of alkyl carbamates (subject to hydrolysis) is 1. The smallest absolute Gasteiger partial charge is 0.408 e. The van der Waals surface area contributed by atoms with Crippen LogP contribution in [0.25, 0.3) is 0 Å². The number of carbonyl (C=O) groups excluding carboxylic acids is 2. The fourth-order valence-corrected chi connectivity index (χ4v) is 4.54. The molecule has 1 saturated heterocycles. The van der Waals surface area contributed by atoms with Crippen LogP contribution in [0.4, 0.5) is 16.2 Å². The van der Waals surface area contributed by atoms with E-state index in [-0.39, 0.29) is 25.0 Å². The summed E-state index contributed by atoms with van der Waals surface area (Å²) in [6, 6.07) is 14.0. The number of nitrogens with one attached hydrogen (secondary N) is 4. The van der Waals surface area contributed by atoms with Crippen molar-refractivity contribution in [3.05, 3.63) is 59.7 Å². The predicted octanol–water partition coefficient (Wildman–Crippen LogP) is 2.47. The van der Waals surface area contributed by atoms with Crippen molar-refractivity contribution in [3.8, 4) is 0 Å². The monoisotopic (exact) mass is 536 g/mol. The lowest BCUT2D eigenvalue weighted by molar-refractivity contribution is -0.139. The normalized spacial score (nSPS) is 16.3. The lowest BCUT2D eigenvalue weighted by atomic mass is 9.95. The first-order valence-electron chi connectivity index (χ1n) is 13.3. The predicted molar refractivity (Wildman–Crippen MR) is 149 cm³/mol. The van der Waals surface area contributed by atoms with Crippen molar-refractivity contribution >= 4 is 35.3 Å². The number of aryl methyl sites for hydroxylation is 1. The Balaban J connectivity index is 1.23. The Kier molecular flexibility index (Phi) is 9.60. The fraction of sp³-hybridized carbons (Fsp3) is 0.429. The van der Waals surface area contributed by atoms with Crippen LogP contribution in [0.15, 0.2) is 53.5 Å². The molecule has 11 heteroatoms. The van der Waals surface area contributed by atoms with E-state index in [1.165, 1.54) is 0 Å². The summed E-state index contributed by atoms with van der Waals surface area (Å²) < 4.78 is 5.10. The largest absolute Gasteiger partial charge is 0.480 e. The maximum Gasteiger partial charge on any atom is 0.408 e. The minimum Gasteiger partial charge on any atom is -0.480 e. The summed E-state index contributed by atoms with van der Waals surface area (Å²) in [5, 5.41) is 21.2. The van der Waals surface area contributed by atoms with Crippen molar-refractivity contribution < 1.29 is 24.2 Å². The zero-order valence-electron chi connectivity index (χ0n) is 22.1. The third-order valence-corrected chi connectivity index (χ3v) is 6.89. The Labute approximate surface area is 228 Å². The molecule has 2 aromatic rings. The SMILES string of the molecule is Cc1ccc(N2CCC(C(=O)NC[C@H](NC(=O)OCc3ccccc3)C(=O)O)CC2)cc1NC1=NCCCN1. The number of carboxylic acid groups (broad SMARTS) is 1. The van der Waals surface area contributed by atoms with E-state index >= 15 is 0 Å². The van der Waals surface area contributed by atoms with Gasteiger partial charge in [-0.25, -0.2) is 9.59 Å². The van der Waals surface area contributed by atoms with Crippen molar-refractivity contribution in [1.82, 2.24) is 16.0 Å². The summed E-state index contributed by atoms with van der Waals surface area (Å²) in [5.41, 5.74) is 3.97. The van der Waals surface area contributed by atoms with E-state index in [4.69, 9.17) is 4.74 Å². The molecule has 0 saturated carbocycles. The van der Waals surface area contributed by atoms with Gasteiger partial charge in [-0.15, -0.1) is 0 Å². The average Bonchev–Trinajstić information content (AvgIpc) is 2.96. The van der Waals surface area contributed by atoms with Gasteiger partial charge in [-0.1, -0.05) is 36.4 Å². The maximum atomic E-state index is 12.8. The van der Waals surface area contributed by atoms with Crippen LogP contribution >= 0.6 is 0 Å². The van der Waals surface area contributed by atoms with Gasteiger partial charge in [0.1, 0.15) is 12.6 Å². The molecule has 0 radical (unpaired) electrons. The molecule has 0 unspecified atom stereocenters. The van der Waals surface area contributed by atoms with Gasteiger partial charge in [0.2, 0.25) is 5.91 Å². The Bertz CT molecular complexity index is 1180. The van der Waals surface area contributed by atoms with E-state index in [1.807, 2.05) is 25.1 Å². The highest BCUT2D eigenvalue weighted by Gasteiger charge is 2.28. The molecule has 0 aliphatic carbocycles. The van der Waals surface area contributed by atoms with Crippen molar-refractivity contribution in [2.75, 3.05) is 42.9 Å². The van der Waals surface area contributed by atoms with Crippen LogP contribution < -0.4 is 26.2 Å². The van der Waals surface area contributed by atoms with Crippen LogP contribution in [0.3, 0.4) is 0 Å². The summed E-state index contributed by atoms with van der Waals surface area (Å²) in [4.78, 5) is 43.2. The second-order valence-electron chi connectivity index (χ2n) is 9.74. The van der Waals surface area contributed by atoms with Gasteiger partial charge in [0.05, 0.1) is 0 Å². The van der Waals surface area contributed by atoms with Crippen LogP contribution in [0, 0.1) is 12.8 Å². The van der Waals surface area contributed by atoms with Crippen LogP contribution in [0.2, 0.25) is 0 Å². The molecule has 2 aromatic carbocycles. The molecule has 0 spiro atoms. The summed E-state index contributed by atoms with van der Waals surface area (Å²) in [6.07, 6.45) is 1.45. The number of benzene rings is 2. The highest BCUT2D eigenvalue weighted by molar-refractivity contribution is 5.95. The van der Waals surface area contributed by atoms with E-state index in [0.29, 0.717) is 25.9 Å². The van der Waals surface area contributed by atoms with Gasteiger partial charge in [0, 0.05) is 50.0 Å². The third kappa shape index (κ3) is 8.10. The number of aliphatic carboxylic acids is 1. The highest BCUT2D eigenvalue weighted by atomic mass is 16.5. The molecule has 0 aromatic heterocycles. The molecule has 39 heavy (non-hydrogen) atoms. The lowest BCUT2D eigenvalue weighted by Crippen LogP contribution is -2.50. The Morgan fingerprint density at radius 3 is 2.62 bits per heavy atom. The number of guanidine groups is 1. The maximum absolute atomic E-state index is 12.8. The van der Waals surface area contributed by atoms with Gasteiger partial charge in [-0.3, -0.25) is 9.79 Å². The number of aliphatic imine (C=N–C) groups is 1. The number of hydrogen-bond acceptors (Lipinski definition) is 8. The molecule has 208 valence electrons. The Morgan fingerprint density at radius 2 is 1.92 bits per heavy atom. The topological polar surface area (TPSA) is 144 Å². The summed E-state index contributed by atoms with van der Waals surface area (Å²) in [7, 11) is 0. The van der Waals surface area contributed by atoms with Crippen molar-refractivity contribution in [1.29, 1.82) is 0 Å². The first-order valence-corrected chi connectivity index (χ1v) is 13.3. The standard InChI is InChI=1S/C28H36N6O5/c1-19-8-9-22(16-23(19)32-27-29-12-5-13-30-27)34-14-10-21(11-15-34)25(35)31-17-24(26(36)37)33-28(38)39-18-20-6-3-2-4-7-20/h2-4,6-9,16,21,24H,5,10-15,17-18H2,1H3,(H,31,35)(H,33,38)(H,36,37)(H2,29,30,32)/t24-/m0/s1. The van der Waals surface area contributed by atoms with Crippen LogP contribution in [0.5, 0.6) is 0 Å². The first kappa shape index (κ1) is 27.7. The molecule has 2 aliphatic heterocycles. The highest BCUT2D eigenvalue weighted by Crippen LogP contribution is 2.27. The Morgan fingerprint density at radius 1 is 1.15 bits per heavy atom. The van der Waals surface area contributed by atoms with Crippen LogP contribution in [0.1, 0.15) is 30.4 Å². The summed E-state index contributed by atoms with van der Waals surface area (Å²) in [6.45, 7) is 4.97. The van der Waals surface area contributed by atoms with Crippen molar-refractivity contribution in [3.63, 3.8) is 0 Å². The second-order valence-corrected chi connectivity index (χ2v) is 9.74. The molecule has 4 rings (SSSR count). The van der Waals surface area contributed by atoms with Gasteiger partial charge in [0.25, 0.3) is 0 Å². The molecule has 2 heterocycles. The van der Waals surface area contributed by atoms with E-state index < -0.39 is 18.1 Å². The van der Waals surface area contributed by atoms with Crippen molar-refractivity contribution in [2.45, 2.75) is 38.8 Å². The number of anilines is 2. The minimum absolute atomic E-state index is 0.0219. The van der Waals surface area contributed by atoms with E-state index in [0.717, 1.165) is 48.0 Å². The second kappa shape index (κ2) is 13.5. The minimum atomic E-state index is -1.29. The van der Waals surface area contributed by atoms with Gasteiger partial charge >= 0.3 is 12.1 Å². The zero-order valence-corrected chi connectivity index (χ0v) is 22.1. The molecular weight excluding hydrogens is 500 g/mol. The van der Waals surface area contributed by atoms with Gasteiger partial charge in [-0.05, 0) is 49.4 Å². The quantitative estimate of drug-likeness (QED) is 0.329. The van der Waals surface area contributed by atoms with E-state index in [1.54, 1.807) is 12.1 Å². The molecular formula is C28H36N6O5. The summed E-state index contributed by atoms with van der Waals surface area (Å²) in [5.74, 6) is -0.909. The molecule has 2 aliphatic rings. The first-order chi connectivity index (χ1) is 18.9. The van der Waals surface area contributed by atoms with Crippen molar-refractivity contribution in [2.24, 2.45) is 10.9 Å². The number of carbonyl (C=O) groups is 3. The number of piperidine rings is 1. The van der Waals surface area contributed by atoms with E-state index in [9.17, 15) is 19.5 Å². The number of nitrogens with zero attached hydrogens (tertiary/aromatic N) is 2. The average molecular weight is 537 g/mol. The fourth-order valence-electron chi connectivity index (χ4n) is 4.54. The number of carboxylic acids is 1. The number of ether oxygens (including phenoxy) is 1. The molecule has 1 atom stereocenters. The van der Waals surface area contributed by atoms with Gasteiger partial charge in [-0.2, -0.15) is 0 Å². The zero-order chi connectivity index (χ0) is 27.6. The Hall–Kier alpha value is -4.28. The lowest BCUT2D eigenvalue weighted by Gasteiger charge is -2.33. The van der Waals surface area contributed by atoms with Gasteiger partial charge < -0.3 is 36.0 Å². The molecule has 2 amide bonds. The number of hydrogen-bond donors (Lipinski definition) is 5. The van der Waals surface area contributed by atoms with Gasteiger partial charge in [0.15, 0.2) is 5.96 Å². The molecule has 0 bridgehead atoms. The van der Waals surface area contributed by atoms with E-state index in [2.05, 4.69) is 49.4 Å². The molecule has 5 N–H and O–H groups in total. The molecule has 1 fully saturated rings. The number of rotatable bonds is 9. The molecule has 11 nitrogen and oxygen atoms in total. The van der Waals surface area contributed by atoms with Crippen LogP contribution in [-0.4, -0.2) is 67.8 Å². The summed E-state index contributed by atoms with van der Waals surface area (Å²) >= 11 is 0. The van der Waals surface area contributed by atoms with Crippen LogP contribution in [-0.2, 0) is 20.9 Å². The number of amides is 2.